The molecule has 0 bridgehead atoms. The van der Waals surface area contributed by atoms with E-state index in [-0.39, 0.29) is 17.1 Å². The van der Waals surface area contributed by atoms with Crippen molar-refractivity contribution in [2.24, 2.45) is 5.73 Å². The van der Waals surface area contributed by atoms with Crippen molar-refractivity contribution in [2.45, 2.75) is 25.0 Å². The molecule has 3 aromatic rings. The number of methoxy groups -OCH3 is 1. The van der Waals surface area contributed by atoms with Crippen LogP contribution in [-0.4, -0.2) is 57.5 Å². The van der Waals surface area contributed by atoms with Crippen molar-refractivity contribution in [3.05, 3.63) is 45.7 Å². The molecule has 1 aliphatic heterocycles. The molecule has 0 aromatic carbocycles. The zero-order chi connectivity index (χ0) is 20.8. The van der Waals surface area contributed by atoms with E-state index in [0.717, 1.165) is 6.42 Å². The second kappa shape index (κ2) is 7.21. The Kier molecular flexibility index (Phi) is 4.85. The van der Waals surface area contributed by atoms with Crippen molar-refractivity contribution in [3.8, 4) is 5.13 Å². The fraction of sp³-hybridized carbons (Fsp3) is 0.368. The Morgan fingerprint density at radius 3 is 2.86 bits per heavy atom. The molecule has 0 spiro atoms. The summed E-state index contributed by atoms with van der Waals surface area (Å²) in [6, 6.07) is 3.33. The van der Waals surface area contributed by atoms with E-state index in [4.69, 9.17) is 15.5 Å². The summed E-state index contributed by atoms with van der Waals surface area (Å²) in [5, 5.41) is 12.0. The van der Waals surface area contributed by atoms with Gasteiger partial charge in [-0.05, 0) is 18.6 Å². The van der Waals surface area contributed by atoms with Gasteiger partial charge in [0.25, 0.3) is 0 Å². The van der Waals surface area contributed by atoms with Gasteiger partial charge in [0, 0.05) is 38.0 Å². The number of hydrogen-bond acceptors (Lipinski definition) is 8. The van der Waals surface area contributed by atoms with E-state index in [1.54, 1.807) is 35.4 Å². The third kappa shape index (κ3) is 3.18. The number of anilines is 1. The molecule has 0 aliphatic carbocycles. The van der Waals surface area contributed by atoms with Crippen molar-refractivity contribution in [1.82, 2.24) is 14.5 Å². The Balaban J connectivity index is 1.88. The zero-order valence-corrected chi connectivity index (χ0v) is 16.8. The first-order chi connectivity index (χ1) is 13.9. The Labute approximate surface area is 170 Å². The number of nitrogens with two attached hydrogens (primary N) is 1. The number of aromatic nitrogens is 3. The first-order valence-electron chi connectivity index (χ1n) is 9.14. The predicted molar refractivity (Wildman–Crippen MR) is 110 cm³/mol. The van der Waals surface area contributed by atoms with Gasteiger partial charge in [0.2, 0.25) is 5.43 Å². The number of hydrogen-bond donors (Lipinski definition) is 2. The Morgan fingerprint density at radius 1 is 1.48 bits per heavy atom. The maximum atomic E-state index is 12.7. The van der Waals surface area contributed by atoms with Crippen molar-refractivity contribution < 1.29 is 14.6 Å². The number of carboxylic acid groups (broad SMARTS) is 1. The molecule has 4 rings (SSSR count). The van der Waals surface area contributed by atoms with Crippen LogP contribution < -0.4 is 16.1 Å². The van der Waals surface area contributed by atoms with Gasteiger partial charge in [-0.1, -0.05) is 6.92 Å². The van der Waals surface area contributed by atoms with Gasteiger partial charge < -0.3 is 20.5 Å². The molecular weight excluding hydrogens is 394 g/mol. The molecule has 2 unspecified atom stereocenters. The molecule has 0 amide bonds. The van der Waals surface area contributed by atoms with Crippen LogP contribution in [0.5, 0.6) is 0 Å². The van der Waals surface area contributed by atoms with Crippen LogP contribution in [0.3, 0.4) is 0 Å². The van der Waals surface area contributed by atoms with Crippen LogP contribution >= 0.6 is 11.3 Å². The molecule has 9 nitrogen and oxygen atoms in total. The highest BCUT2D eigenvalue weighted by Crippen LogP contribution is 2.29. The first kappa shape index (κ1) is 19.5. The molecule has 1 saturated heterocycles. The van der Waals surface area contributed by atoms with Gasteiger partial charge in [0.15, 0.2) is 10.8 Å². The van der Waals surface area contributed by atoms with E-state index in [9.17, 15) is 14.7 Å². The monoisotopic (exact) mass is 415 g/mol. The largest absolute Gasteiger partial charge is 0.477 e. The van der Waals surface area contributed by atoms with E-state index >= 15 is 0 Å². The lowest BCUT2D eigenvalue weighted by Crippen LogP contribution is -2.50. The van der Waals surface area contributed by atoms with Crippen molar-refractivity contribution in [3.63, 3.8) is 0 Å². The minimum absolute atomic E-state index is 0.138. The lowest BCUT2D eigenvalue weighted by atomic mass is 9.94. The topological polar surface area (TPSA) is 124 Å². The van der Waals surface area contributed by atoms with Gasteiger partial charge in [-0.2, -0.15) is 0 Å². The minimum atomic E-state index is -1.29. The number of pyridine rings is 2. The van der Waals surface area contributed by atoms with Gasteiger partial charge in [0.05, 0.1) is 17.0 Å². The van der Waals surface area contributed by atoms with Gasteiger partial charge in [-0.3, -0.25) is 9.36 Å². The zero-order valence-electron chi connectivity index (χ0n) is 16.0. The summed E-state index contributed by atoms with van der Waals surface area (Å²) in [5.74, 6) is -0.641. The van der Waals surface area contributed by atoms with Crippen LogP contribution in [0.2, 0.25) is 0 Å². The van der Waals surface area contributed by atoms with E-state index in [2.05, 4.69) is 4.98 Å². The molecule has 10 heteroatoms. The summed E-state index contributed by atoms with van der Waals surface area (Å²) in [5.41, 5.74) is 5.48. The van der Waals surface area contributed by atoms with Crippen LogP contribution in [0, 0.1) is 0 Å². The normalized spacial score (nSPS) is 21.8. The van der Waals surface area contributed by atoms with E-state index in [1.807, 2.05) is 11.8 Å². The molecule has 1 fully saturated rings. The smallest absolute Gasteiger partial charge is 0.341 e. The van der Waals surface area contributed by atoms with Gasteiger partial charge in [0.1, 0.15) is 11.4 Å². The van der Waals surface area contributed by atoms with Crippen molar-refractivity contribution in [2.75, 3.05) is 25.1 Å². The highest BCUT2D eigenvalue weighted by atomic mass is 32.1. The number of fused-ring (bicyclic) bond motifs is 1. The maximum Gasteiger partial charge on any atom is 0.341 e. The lowest BCUT2D eigenvalue weighted by Gasteiger charge is -2.27. The molecule has 152 valence electrons. The first-order valence-corrected chi connectivity index (χ1v) is 10.0. The van der Waals surface area contributed by atoms with Crippen molar-refractivity contribution >= 4 is 34.2 Å². The molecule has 3 N–H and O–H groups in total. The van der Waals surface area contributed by atoms with E-state index in [0.29, 0.717) is 29.7 Å². The molecular formula is C19H21N5O4S. The molecule has 3 aromatic heterocycles. The summed E-state index contributed by atoms with van der Waals surface area (Å²) in [6.45, 7) is 3.17. The Morgan fingerprint density at radius 2 is 2.28 bits per heavy atom. The summed E-state index contributed by atoms with van der Waals surface area (Å²) in [7, 11) is 1.65. The fourth-order valence-electron chi connectivity index (χ4n) is 3.73. The van der Waals surface area contributed by atoms with E-state index in [1.165, 1.54) is 17.5 Å². The number of nitrogens with zero attached hydrogens (tertiary/aromatic N) is 4. The standard InChI is InChI=1S/C19H21N5O4S/c1-3-19(20)10-23(9-13(19)28-2)14-5-4-11-15(25)12(17(26)27)8-24(16(11)22-14)18-21-6-7-29-18/h4-8,13H,3,9-10,20H2,1-2H3,(H,26,27). The van der Waals surface area contributed by atoms with Gasteiger partial charge in [-0.25, -0.2) is 14.8 Å². The second-order valence-electron chi connectivity index (χ2n) is 7.09. The lowest BCUT2D eigenvalue weighted by molar-refractivity contribution is 0.0662. The Bertz CT molecular complexity index is 1130. The van der Waals surface area contributed by atoms with Crippen LogP contribution in [0.4, 0.5) is 5.82 Å². The van der Waals surface area contributed by atoms with E-state index < -0.39 is 16.9 Å². The van der Waals surface area contributed by atoms with Gasteiger partial charge >= 0.3 is 5.97 Å². The van der Waals surface area contributed by atoms with Gasteiger partial charge in [-0.15, -0.1) is 11.3 Å². The quantitative estimate of drug-likeness (QED) is 0.642. The SMILES string of the molecule is CCC1(N)CN(c2ccc3c(=O)c(C(=O)O)cn(-c4nccs4)c3n2)CC1OC. The third-order valence-corrected chi connectivity index (χ3v) is 6.24. The number of aromatic carboxylic acids is 1. The number of ether oxygens (including phenoxy) is 1. The number of rotatable bonds is 5. The predicted octanol–water partition coefficient (Wildman–Crippen LogP) is 1.48. The minimum Gasteiger partial charge on any atom is -0.477 e. The highest BCUT2D eigenvalue weighted by molar-refractivity contribution is 7.12. The molecule has 4 heterocycles. The highest BCUT2D eigenvalue weighted by Gasteiger charge is 2.43. The molecule has 29 heavy (non-hydrogen) atoms. The van der Waals surface area contributed by atoms with Crippen LogP contribution in [0.25, 0.3) is 16.2 Å². The molecule has 0 radical (unpaired) electrons. The fourth-order valence-corrected chi connectivity index (χ4v) is 4.35. The summed E-state index contributed by atoms with van der Waals surface area (Å²) < 4.78 is 7.13. The van der Waals surface area contributed by atoms with Crippen LogP contribution in [0.15, 0.2) is 34.7 Å². The summed E-state index contributed by atoms with van der Waals surface area (Å²) in [6.07, 6.45) is 3.51. The summed E-state index contributed by atoms with van der Waals surface area (Å²) in [4.78, 5) is 35.2. The second-order valence-corrected chi connectivity index (χ2v) is 7.97. The number of thiazole rings is 1. The average molecular weight is 415 g/mol. The average Bonchev–Trinajstić information content (AvgIpc) is 3.36. The van der Waals surface area contributed by atoms with Crippen LogP contribution in [-0.2, 0) is 4.74 Å². The maximum absolute atomic E-state index is 12.7. The molecule has 0 saturated carbocycles. The molecule has 2 atom stereocenters. The number of carbonyl (C=O) groups is 1. The van der Waals surface area contributed by atoms with Crippen molar-refractivity contribution in [1.29, 1.82) is 0 Å². The third-order valence-electron chi connectivity index (χ3n) is 5.47. The summed E-state index contributed by atoms with van der Waals surface area (Å²) >= 11 is 1.33. The Hall–Kier alpha value is -2.82. The molecule has 1 aliphatic rings. The van der Waals surface area contributed by atoms with Crippen LogP contribution in [0.1, 0.15) is 23.7 Å². The number of carboxylic acids is 1.